The topological polar surface area (TPSA) is 18.5 Å². The molecule has 0 radical (unpaired) electrons. The minimum atomic E-state index is 0.214. The van der Waals surface area contributed by atoms with Gasteiger partial charge < -0.3 is 9.47 Å². The third-order valence-electron chi connectivity index (χ3n) is 3.76. The molecule has 1 fully saturated rings. The van der Waals surface area contributed by atoms with Crippen LogP contribution < -0.4 is 4.74 Å². The smallest absolute Gasteiger partial charge is 0.138 e. The van der Waals surface area contributed by atoms with Crippen molar-refractivity contribution in [3.8, 4) is 5.75 Å². The predicted molar refractivity (Wildman–Crippen MR) is 84.9 cm³/mol. The van der Waals surface area contributed by atoms with Gasteiger partial charge in [0.2, 0.25) is 0 Å². The van der Waals surface area contributed by atoms with Crippen LogP contribution in [0.2, 0.25) is 5.02 Å². The number of ether oxygens (including phenoxy) is 2. The van der Waals surface area contributed by atoms with Crippen molar-refractivity contribution < 1.29 is 9.47 Å². The van der Waals surface area contributed by atoms with Gasteiger partial charge in [0.05, 0.1) is 17.7 Å². The quantitative estimate of drug-likeness (QED) is 0.791. The fraction of sp³-hybridized carbons (Fsp3) is 0.333. The van der Waals surface area contributed by atoms with Crippen molar-refractivity contribution in [3.05, 3.63) is 64.7 Å². The zero-order chi connectivity index (χ0) is 14.7. The molecule has 2 nitrogen and oxygen atoms in total. The van der Waals surface area contributed by atoms with E-state index in [1.54, 1.807) is 0 Å². The van der Waals surface area contributed by atoms with Crippen LogP contribution >= 0.6 is 11.6 Å². The minimum Gasteiger partial charge on any atom is -0.489 e. The normalized spacial score (nSPS) is 20.9. The molecule has 3 heteroatoms. The van der Waals surface area contributed by atoms with Crippen LogP contribution in [0.5, 0.6) is 5.75 Å². The van der Waals surface area contributed by atoms with Crippen LogP contribution in [0, 0.1) is 6.92 Å². The average Bonchev–Trinajstić information content (AvgIpc) is 2.44. The molecule has 1 saturated carbocycles. The van der Waals surface area contributed by atoms with Gasteiger partial charge in [0, 0.05) is 12.8 Å². The Balaban J connectivity index is 1.43. The summed E-state index contributed by atoms with van der Waals surface area (Å²) in [7, 11) is 0. The molecule has 0 spiro atoms. The number of rotatable bonds is 5. The number of benzene rings is 2. The molecule has 1 aliphatic rings. The molecule has 2 aromatic carbocycles. The lowest BCUT2D eigenvalue weighted by Gasteiger charge is -2.35. The second kappa shape index (κ2) is 6.50. The SMILES string of the molecule is Cc1ccc(OC2CC(OCc3ccccc3)C2)c(Cl)c1. The Morgan fingerprint density at radius 2 is 1.81 bits per heavy atom. The van der Waals surface area contributed by atoms with Gasteiger partial charge in [0.15, 0.2) is 0 Å². The van der Waals surface area contributed by atoms with Crippen molar-refractivity contribution in [1.29, 1.82) is 0 Å². The fourth-order valence-corrected chi connectivity index (χ4v) is 2.70. The Morgan fingerprint density at radius 1 is 1.05 bits per heavy atom. The highest BCUT2D eigenvalue weighted by Gasteiger charge is 2.32. The summed E-state index contributed by atoms with van der Waals surface area (Å²) in [6.45, 7) is 2.69. The zero-order valence-corrected chi connectivity index (χ0v) is 12.8. The van der Waals surface area contributed by atoms with E-state index >= 15 is 0 Å². The molecule has 21 heavy (non-hydrogen) atoms. The van der Waals surface area contributed by atoms with Crippen LogP contribution in [-0.4, -0.2) is 12.2 Å². The van der Waals surface area contributed by atoms with E-state index in [1.807, 2.05) is 43.3 Å². The molecular formula is C18H19ClO2. The lowest BCUT2D eigenvalue weighted by molar-refractivity contribution is -0.0683. The average molecular weight is 303 g/mol. The van der Waals surface area contributed by atoms with Crippen molar-refractivity contribution in [2.75, 3.05) is 0 Å². The second-order valence-corrected chi connectivity index (χ2v) is 5.97. The molecule has 0 heterocycles. The highest BCUT2D eigenvalue weighted by Crippen LogP contribution is 2.32. The Bertz CT molecular complexity index is 591. The van der Waals surface area contributed by atoms with Crippen LogP contribution in [0.1, 0.15) is 24.0 Å². The molecule has 0 saturated heterocycles. The zero-order valence-electron chi connectivity index (χ0n) is 12.1. The highest BCUT2D eigenvalue weighted by atomic mass is 35.5. The molecule has 0 bridgehead atoms. The Kier molecular flexibility index (Phi) is 4.47. The summed E-state index contributed by atoms with van der Waals surface area (Å²) in [5, 5.41) is 0.684. The largest absolute Gasteiger partial charge is 0.489 e. The van der Waals surface area contributed by atoms with Gasteiger partial charge in [-0.2, -0.15) is 0 Å². The van der Waals surface area contributed by atoms with Gasteiger partial charge in [-0.3, -0.25) is 0 Å². The highest BCUT2D eigenvalue weighted by molar-refractivity contribution is 6.32. The molecular weight excluding hydrogens is 284 g/mol. The summed E-state index contributed by atoms with van der Waals surface area (Å²) in [6.07, 6.45) is 2.36. The Morgan fingerprint density at radius 3 is 2.52 bits per heavy atom. The van der Waals surface area contributed by atoms with E-state index in [-0.39, 0.29) is 6.10 Å². The standard InChI is InChI=1S/C18H19ClO2/c1-13-7-8-18(17(19)9-13)21-16-10-15(11-16)20-12-14-5-3-2-4-6-14/h2-9,15-16H,10-12H2,1H3. The van der Waals surface area contributed by atoms with Crippen molar-refractivity contribution >= 4 is 11.6 Å². The van der Waals surface area contributed by atoms with E-state index < -0.39 is 0 Å². The maximum Gasteiger partial charge on any atom is 0.138 e. The minimum absolute atomic E-state index is 0.214. The summed E-state index contributed by atoms with van der Waals surface area (Å²) >= 11 is 6.18. The number of halogens is 1. The van der Waals surface area contributed by atoms with Crippen LogP contribution in [0.25, 0.3) is 0 Å². The van der Waals surface area contributed by atoms with Gasteiger partial charge in [-0.05, 0) is 30.2 Å². The summed E-state index contributed by atoms with van der Waals surface area (Å²) in [5.74, 6) is 0.772. The second-order valence-electron chi connectivity index (χ2n) is 5.56. The van der Waals surface area contributed by atoms with E-state index in [0.717, 1.165) is 24.2 Å². The monoisotopic (exact) mass is 302 g/mol. The van der Waals surface area contributed by atoms with Crippen LogP contribution in [0.3, 0.4) is 0 Å². The van der Waals surface area contributed by atoms with Gasteiger partial charge in [-0.25, -0.2) is 0 Å². The van der Waals surface area contributed by atoms with E-state index in [9.17, 15) is 0 Å². The molecule has 2 aromatic rings. The molecule has 3 rings (SSSR count). The fourth-order valence-electron chi connectivity index (χ4n) is 2.42. The molecule has 1 aliphatic carbocycles. The third-order valence-corrected chi connectivity index (χ3v) is 4.06. The molecule has 0 atom stereocenters. The van der Waals surface area contributed by atoms with Crippen molar-refractivity contribution in [3.63, 3.8) is 0 Å². The molecule has 0 amide bonds. The number of hydrogen-bond donors (Lipinski definition) is 0. The maximum atomic E-state index is 6.18. The van der Waals surface area contributed by atoms with E-state index in [4.69, 9.17) is 21.1 Å². The maximum absolute atomic E-state index is 6.18. The van der Waals surface area contributed by atoms with Crippen molar-refractivity contribution in [2.24, 2.45) is 0 Å². The van der Waals surface area contributed by atoms with Gasteiger partial charge >= 0.3 is 0 Å². The van der Waals surface area contributed by atoms with Gasteiger partial charge in [-0.15, -0.1) is 0 Å². The third kappa shape index (κ3) is 3.78. The summed E-state index contributed by atoms with van der Waals surface area (Å²) in [6, 6.07) is 16.1. The molecule has 0 N–H and O–H groups in total. The molecule has 0 aromatic heterocycles. The number of aryl methyl sites for hydroxylation is 1. The van der Waals surface area contributed by atoms with Crippen LogP contribution in [-0.2, 0) is 11.3 Å². The molecule has 0 unspecified atom stereocenters. The van der Waals surface area contributed by atoms with Gasteiger partial charge in [-0.1, -0.05) is 48.0 Å². The van der Waals surface area contributed by atoms with Crippen molar-refractivity contribution in [2.45, 2.75) is 38.6 Å². The molecule has 110 valence electrons. The Hall–Kier alpha value is -1.51. The predicted octanol–water partition coefficient (Wildman–Crippen LogP) is 4.78. The Labute approximate surface area is 130 Å². The van der Waals surface area contributed by atoms with E-state index in [1.165, 1.54) is 5.56 Å². The van der Waals surface area contributed by atoms with Gasteiger partial charge in [0.25, 0.3) is 0 Å². The van der Waals surface area contributed by atoms with Crippen LogP contribution in [0.15, 0.2) is 48.5 Å². The molecule has 0 aliphatic heterocycles. The van der Waals surface area contributed by atoms with Crippen LogP contribution in [0.4, 0.5) is 0 Å². The summed E-state index contributed by atoms with van der Waals surface area (Å²) < 4.78 is 11.8. The number of hydrogen-bond acceptors (Lipinski definition) is 2. The first-order valence-corrected chi connectivity index (χ1v) is 7.67. The summed E-state index contributed by atoms with van der Waals surface area (Å²) in [4.78, 5) is 0. The first-order valence-electron chi connectivity index (χ1n) is 7.29. The van der Waals surface area contributed by atoms with Crippen molar-refractivity contribution in [1.82, 2.24) is 0 Å². The lowest BCUT2D eigenvalue weighted by atomic mass is 9.92. The lowest BCUT2D eigenvalue weighted by Crippen LogP contribution is -2.39. The van der Waals surface area contributed by atoms with E-state index in [0.29, 0.717) is 17.7 Å². The first-order chi connectivity index (χ1) is 10.2. The van der Waals surface area contributed by atoms with E-state index in [2.05, 4.69) is 12.1 Å². The first kappa shape index (κ1) is 14.4. The summed E-state index contributed by atoms with van der Waals surface area (Å²) in [5.41, 5.74) is 2.36. The van der Waals surface area contributed by atoms with Gasteiger partial charge in [0.1, 0.15) is 11.9 Å².